The molecule has 1 saturated heterocycles. The van der Waals surface area contributed by atoms with Crippen molar-refractivity contribution in [3.8, 4) is 0 Å². The summed E-state index contributed by atoms with van der Waals surface area (Å²) in [6, 6.07) is 0.750. The molecule has 1 aliphatic rings. The van der Waals surface area contributed by atoms with E-state index in [2.05, 4.69) is 19.9 Å². The first-order valence-electron chi connectivity index (χ1n) is 8.64. The Morgan fingerprint density at radius 3 is 2.74 bits per heavy atom. The number of anilines is 1. The quantitative estimate of drug-likeness (QED) is 0.730. The second-order valence-corrected chi connectivity index (χ2v) is 6.98. The lowest BCUT2D eigenvalue weighted by atomic mass is 10.1. The summed E-state index contributed by atoms with van der Waals surface area (Å²) < 4.78 is 29.2. The Morgan fingerprint density at radius 2 is 2.00 bits per heavy atom. The monoisotopic (exact) mass is 393 g/mol. The summed E-state index contributed by atoms with van der Waals surface area (Å²) >= 11 is 5.82. The lowest BCUT2D eigenvalue weighted by Gasteiger charge is -2.34. The number of alkyl halides is 1. The van der Waals surface area contributed by atoms with Crippen LogP contribution in [0.5, 0.6) is 0 Å². The average molecular weight is 394 g/mol. The van der Waals surface area contributed by atoms with E-state index >= 15 is 0 Å². The van der Waals surface area contributed by atoms with Gasteiger partial charge in [-0.2, -0.15) is 0 Å². The minimum Gasteiger partial charge on any atom is -0.340 e. The lowest BCUT2D eigenvalue weighted by molar-refractivity contribution is 0.243. The van der Waals surface area contributed by atoms with Gasteiger partial charge in [-0.05, 0) is 6.42 Å². The van der Waals surface area contributed by atoms with Gasteiger partial charge >= 0.3 is 0 Å². The molecule has 0 saturated carbocycles. The van der Waals surface area contributed by atoms with Crippen LogP contribution in [0.1, 0.15) is 12.2 Å². The first-order valence-corrected chi connectivity index (χ1v) is 9.02. The molecule has 0 bridgehead atoms. The number of aromatic nitrogens is 5. The van der Waals surface area contributed by atoms with Crippen molar-refractivity contribution < 1.29 is 8.78 Å². The van der Waals surface area contributed by atoms with Crippen molar-refractivity contribution in [2.45, 2.75) is 31.6 Å². The second-order valence-electron chi connectivity index (χ2n) is 6.54. The fourth-order valence-electron chi connectivity index (χ4n) is 3.24. The summed E-state index contributed by atoms with van der Waals surface area (Å²) in [6.45, 7) is 1.30. The van der Waals surface area contributed by atoms with Crippen LogP contribution in [0.4, 0.5) is 14.7 Å². The van der Waals surface area contributed by atoms with Gasteiger partial charge in [-0.25, -0.2) is 28.7 Å². The zero-order chi connectivity index (χ0) is 19.0. The third-order valence-electron chi connectivity index (χ3n) is 4.62. The molecule has 0 radical (unpaired) electrons. The van der Waals surface area contributed by atoms with Crippen LogP contribution in [0.15, 0.2) is 24.7 Å². The molecule has 4 heterocycles. The highest BCUT2D eigenvalue weighted by atomic mass is 35.5. The smallest absolute Gasteiger partial charge is 0.207 e. The summed E-state index contributed by atoms with van der Waals surface area (Å²) in [7, 11) is 0. The van der Waals surface area contributed by atoms with Gasteiger partial charge in [0.1, 0.15) is 23.3 Å². The molecular weight excluding hydrogens is 376 g/mol. The Labute approximate surface area is 159 Å². The van der Waals surface area contributed by atoms with Gasteiger partial charge in [0, 0.05) is 44.5 Å². The molecule has 0 amide bonds. The number of hydrogen-bond acceptors (Lipinski definition) is 6. The van der Waals surface area contributed by atoms with Crippen LogP contribution in [0.25, 0.3) is 11.2 Å². The molecule has 27 heavy (non-hydrogen) atoms. The summed E-state index contributed by atoms with van der Waals surface area (Å²) in [6.07, 6.45) is 4.04. The van der Waals surface area contributed by atoms with Gasteiger partial charge in [0.05, 0.1) is 17.3 Å². The van der Waals surface area contributed by atoms with Crippen LogP contribution in [0.2, 0.25) is 5.02 Å². The van der Waals surface area contributed by atoms with Gasteiger partial charge < -0.3 is 10.6 Å². The van der Waals surface area contributed by atoms with E-state index in [1.165, 1.54) is 18.5 Å². The normalized spacial score (nSPS) is 20.4. The van der Waals surface area contributed by atoms with E-state index in [-0.39, 0.29) is 0 Å². The molecule has 10 heteroatoms. The molecule has 0 aliphatic carbocycles. The van der Waals surface area contributed by atoms with Crippen molar-refractivity contribution in [3.05, 3.63) is 41.3 Å². The van der Waals surface area contributed by atoms with E-state index in [0.717, 1.165) is 6.20 Å². The number of nitrogens with two attached hydrogens (primary N) is 1. The predicted molar refractivity (Wildman–Crippen MR) is 97.9 cm³/mol. The molecule has 0 aromatic carbocycles. The van der Waals surface area contributed by atoms with E-state index < -0.39 is 18.0 Å². The topological polar surface area (TPSA) is 85.8 Å². The van der Waals surface area contributed by atoms with Gasteiger partial charge in [0.15, 0.2) is 5.65 Å². The first kappa shape index (κ1) is 18.0. The molecule has 0 spiro atoms. The van der Waals surface area contributed by atoms with Crippen molar-refractivity contribution >= 4 is 28.7 Å². The Morgan fingerprint density at radius 1 is 1.22 bits per heavy atom. The Balaban J connectivity index is 1.67. The van der Waals surface area contributed by atoms with Crippen LogP contribution in [-0.2, 0) is 13.0 Å². The van der Waals surface area contributed by atoms with Gasteiger partial charge in [-0.3, -0.25) is 4.57 Å². The number of pyridine rings is 1. The first-order chi connectivity index (χ1) is 13.0. The van der Waals surface area contributed by atoms with Gasteiger partial charge in [0.2, 0.25) is 5.95 Å². The van der Waals surface area contributed by atoms with Crippen molar-refractivity contribution in [2.24, 2.45) is 5.73 Å². The van der Waals surface area contributed by atoms with E-state index in [0.29, 0.717) is 60.4 Å². The molecule has 3 aromatic rings. The highest BCUT2D eigenvalue weighted by Crippen LogP contribution is 2.25. The standard InChI is InChI=1S/C17H18ClF2N7/c18-10-6-22-15(23-7-10)2-4-27-16-14(5-11(19)8-24-16)25-17(27)26-3-1-12(20)13(21)9-26/h5-8,12-13H,1-4,9,21H2/t12-,13-/m1/s1. The maximum atomic E-state index is 13.8. The largest absolute Gasteiger partial charge is 0.340 e. The minimum absolute atomic E-state index is 0.326. The molecule has 1 aliphatic heterocycles. The number of imidazole rings is 1. The fraction of sp³-hybridized carbons (Fsp3) is 0.412. The van der Waals surface area contributed by atoms with Crippen LogP contribution < -0.4 is 10.6 Å². The fourth-order valence-corrected chi connectivity index (χ4v) is 3.33. The molecule has 3 aromatic heterocycles. The Kier molecular flexibility index (Phi) is 4.88. The number of nitrogens with zero attached hydrogens (tertiary/aromatic N) is 6. The van der Waals surface area contributed by atoms with Crippen LogP contribution in [-0.4, -0.2) is 49.8 Å². The molecule has 4 rings (SSSR count). The summed E-state index contributed by atoms with van der Waals surface area (Å²) in [5.41, 5.74) is 6.89. The van der Waals surface area contributed by atoms with E-state index in [1.807, 2.05) is 9.47 Å². The SMILES string of the molecule is N[C@@H]1CN(c2nc3cc(F)cnc3n2CCc2ncc(Cl)cn2)CC[C@H]1F. The number of rotatable bonds is 4. The third kappa shape index (κ3) is 3.70. The Hall–Kier alpha value is -2.39. The van der Waals surface area contributed by atoms with Crippen LogP contribution in [0.3, 0.4) is 0 Å². The number of aryl methyl sites for hydroxylation is 2. The van der Waals surface area contributed by atoms with Crippen LogP contribution in [0, 0.1) is 5.82 Å². The van der Waals surface area contributed by atoms with Crippen molar-refractivity contribution in [2.75, 3.05) is 18.0 Å². The van der Waals surface area contributed by atoms with Gasteiger partial charge in [-0.15, -0.1) is 0 Å². The predicted octanol–water partition coefficient (Wildman–Crippen LogP) is 2.13. The molecule has 2 atom stereocenters. The van der Waals surface area contributed by atoms with Crippen LogP contribution >= 0.6 is 11.6 Å². The number of halogens is 3. The minimum atomic E-state index is -1.03. The molecule has 1 fully saturated rings. The third-order valence-corrected chi connectivity index (χ3v) is 4.81. The zero-order valence-corrected chi connectivity index (χ0v) is 15.2. The van der Waals surface area contributed by atoms with E-state index in [1.54, 1.807) is 0 Å². The maximum absolute atomic E-state index is 13.8. The van der Waals surface area contributed by atoms with Gasteiger partial charge in [0.25, 0.3) is 0 Å². The highest BCUT2D eigenvalue weighted by molar-refractivity contribution is 6.30. The van der Waals surface area contributed by atoms with Crippen molar-refractivity contribution in [3.63, 3.8) is 0 Å². The maximum Gasteiger partial charge on any atom is 0.207 e. The van der Waals surface area contributed by atoms with Crippen molar-refractivity contribution in [1.29, 1.82) is 0 Å². The Bertz CT molecular complexity index is 946. The summed E-state index contributed by atoms with van der Waals surface area (Å²) in [5.74, 6) is 0.756. The molecule has 142 valence electrons. The number of hydrogen-bond donors (Lipinski definition) is 1. The van der Waals surface area contributed by atoms with E-state index in [9.17, 15) is 8.78 Å². The highest BCUT2D eigenvalue weighted by Gasteiger charge is 2.29. The lowest BCUT2D eigenvalue weighted by Crippen LogP contribution is -2.50. The number of fused-ring (bicyclic) bond motifs is 1. The summed E-state index contributed by atoms with van der Waals surface area (Å²) in [5, 5.41) is 0.466. The van der Waals surface area contributed by atoms with E-state index in [4.69, 9.17) is 17.3 Å². The molecule has 0 unspecified atom stereocenters. The molecule has 7 nitrogen and oxygen atoms in total. The molecule has 2 N–H and O–H groups in total. The second kappa shape index (κ2) is 7.32. The summed E-state index contributed by atoms with van der Waals surface area (Å²) in [4.78, 5) is 19.0. The average Bonchev–Trinajstić information content (AvgIpc) is 3.01. The molecular formula is C17H18ClF2N7. The zero-order valence-electron chi connectivity index (χ0n) is 14.4. The van der Waals surface area contributed by atoms with Gasteiger partial charge in [-0.1, -0.05) is 11.6 Å². The number of piperidine rings is 1. The van der Waals surface area contributed by atoms with Crippen molar-refractivity contribution in [1.82, 2.24) is 24.5 Å².